The van der Waals surface area contributed by atoms with Gasteiger partial charge in [-0.25, -0.2) is 0 Å². The third kappa shape index (κ3) is 2.80. The van der Waals surface area contributed by atoms with Gasteiger partial charge in [-0.3, -0.25) is 0 Å². The molecule has 0 bridgehead atoms. The zero-order valence-corrected chi connectivity index (χ0v) is 12.3. The molecule has 0 amide bonds. The van der Waals surface area contributed by atoms with Gasteiger partial charge in [-0.2, -0.15) is 11.3 Å². The highest BCUT2D eigenvalue weighted by molar-refractivity contribution is 8.20. The van der Waals surface area contributed by atoms with Crippen molar-refractivity contribution >= 4 is 46.7 Å². The molecule has 1 unspecified atom stereocenters. The Morgan fingerprint density at radius 3 is 3.12 bits per heavy atom. The van der Waals surface area contributed by atoms with Gasteiger partial charge in [0.1, 0.15) is 4.08 Å². The summed E-state index contributed by atoms with van der Waals surface area (Å²) in [7, 11) is 0. The Hall–Kier alpha value is -0.190. The van der Waals surface area contributed by atoms with Crippen LogP contribution in [0.15, 0.2) is 22.9 Å². The van der Waals surface area contributed by atoms with Gasteiger partial charge in [0.2, 0.25) is 0 Å². The van der Waals surface area contributed by atoms with E-state index in [2.05, 4.69) is 29.8 Å². The maximum atomic E-state index is 11.5. The van der Waals surface area contributed by atoms with Crippen LogP contribution in [0.3, 0.4) is 0 Å². The first-order valence-electron chi connectivity index (χ1n) is 5.80. The number of carbonyl (C=O) groups is 1. The maximum Gasteiger partial charge on any atom is 0.150 e. The van der Waals surface area contributed by atoms with Crippen molar-refractivity contribution in [2.24, 2.45) is 0 Å². The monoisotopic (exact) mass is 284 g/mol. The lowest BCUT2D eigenvalue weighted by molar-refractivity contribution is -0.107. The van der Waals surface area contributed by atoms with Gasteiger partial charge in [0.05, 0.1) is 0 Å². The summed E-state index contributed by atoms with van der Waals surface area (Å²) in [5.74, 6) is 2.01. The average molecular weight is 284 g/mol. The summed E-state index contributed by atoms with van der Waals surface area (Å²) in [6, 6.07) is 2.11. The van der Waals surface area contributed by atoms with Crippen molar-refractivity contribution in [1.29, 1.82) is 0 Å². The number of carbonyl (C=O) groups excluding carboxylic acids is 1. The first-order chi connectivity index (χ1) is 8.32. The predicted octanol–water partition coefficient (Wildman–Crippen LogP) is 4.31. The molecule has 17 heavy (non-hydrogen) atoms. The van der Waals surface area contributed by atoms with Crippen LogP contribution in [0.5, 0.6) is 0 Å². The van der Waals surface area contributed by atoms with E-state index in [1.54, 1.807) is 34.9 Å². The minimum Gasteiger partial charge on any atom is -0.300 e. The first-order valence-corrected chi connectivity index (χ1v) is 8.71. The molecule has 0 N–H and O–H groups in total. The van der Waals surface area contributed by atoms with Crippen LogP contribution < -0.4 is 0 Å². The summed E-state index contributed by atoms with van der Waals surface area (Å²) >= 11 is 5.24. The van der Waals surface area contributed by atoms with E-state index in [4.69, 9.17) is 0 Å². The molecule has 0 fully saturated rings. The molecule has 0 aliphatic carbocycles. The summed E-state index contributed by atoms with van der Waals surface area (Å²) in [5, 5.41) is 4.21. The molecule has 1 aromatic rings. The van der Waals surface area contributed by atoms with Gasteiger partial charge < -0.3 is 4.79 Å². The van der Waals surface area contributed by atoms with E-state index in [1.807, 2.05) is 0 Å². The van der Waals surface area contributed by atoms with Crippen LogP contribution >= 0.6 is 34.9 Å². The first kappa shape index (κ1) is 13.2. The Balaban J connectivity index is 2.16. The number of aldehydes is 1. The van der Waals surface area contributed by atoms with E-state index in [0.717, 1.165) is 17.8 Å². The molecule has 0 aromatic carbocycles. The minimum atomic E-state index is -0.351. The number of unbranched alkanes of at least 4 members (excludes halogenated alkanes) is 1. The standard InChI is InChI=1S/C13H16OS3/c1-2-3-6-16-13(10-14)12(5-8-17-13)11-4-7-15-9-11/h4-5,7,9-10H,2-3,6,8H2,1H3. The van der Waals surface area contributed by atoms with Gasteiger partial charge in [-0.05, 0) is 40.1 Å². The van der Waals surface area contributed by atoms with E-state index >= 15 is 0 Å². The molecule has 0 spiro atoms. The number of hydrogen-bond donors (Lipinski definition) is 0. The van der Waals surface area contributed by atoms with Gasteiger partial charge in [0, 0.05) is 5.75 Å². The van der Waals surface area contributed by atoms with Crippen LogP contribution in [0.4, 0.5) is 0 Å². The number of thiophene rings is 1. The van der Waals surface area contributed by atoms with Crippen molar-refractivity contribution in [2.75, 3.05) is 11.5 Å². The third-order valence-electron chi connectivity index (χ3n) is 2.76. The number of thioether (sulfide) groups is 2. The topological polar surface area (TPSA) is 17.1 Å². The normalized spacial score (nSPS) is 23.7. The Bertz CT molecular complexity index is 397. The molecule has 1 aromatic heterocycles. The molecule has 1 aliphatic rings. The molecule has 1 atom stereocenters. The van der Waals surface area contributed by atoms with Gasteiger partial charge >= 0.3 is 0 Å². The van der Waals surface area contributed by atoms with Crippen molar-refractivity contribution in [3.05, 3.63) is 28.5 Å². The molecule has 4 heteroatoms. The molecular weight excluding hydrogens is 268 g/mol. The van der Waals surface area contributed by atoms with Crippen molar-refractivity contribution in [2.45, 2.75) is 23.8 Å². The van der Waals surface area contributed by atoms with Gasteiger partial charge in [-0.1, -0.05) is 19.4 Å². The maximum absolute atomic E-state index is 11.5. The SMILES string of the molecule is CCCCSC1(C=O)SCC=C1c1ccsc1. The second kappa shape index (κ2) is 6.12. The number of hydrogen-bond acceptors (Lipinski definition) is 4. The van der Waals surface area contributed by atoms with E-state index in [-0.39, 0.29) is 4.08 Å². The lowest BCUT2D eigenvalue weighted by Gasteiger charge is -2.24. The molecule has 1 aliphatic heterocycles. The molecule has 2 heterocycles. The summed E-state index contributed by atoms with van der Waals surface area (Å²) < 4.78 is -0.351. The Labute approximate surface area is 115 Å². The van der Waals surface area contributed by atoms with Crippen LogP contribution in [-0.2, 0) is 4.79 Å². The van der Waals surface area contributed by atoms with Gasteiger partial charge in [0.25, 0.3) is 0 Å². The van der Waals surface area contributed by atoms with Gasteiger partial charge in [-0.15, -0.1) is 23.5 Å². The van der Waals surface area contributed by atoms with E-state index in [9.17, 15) is 4.79 Å². The summed E-state index contributed by atoms with van der Waals surface area (Å²) in [4.78, 5) is 11.5. The molecule has 0 saturated carbocycles. The van der Waals surface area contributed by atoms with Crippen molar-refractivity contribution < 1.29 is 4.79 Å². The molecule has 1 nitrogen and oxygen atoms in total. The second-order valence-electron chi connectivity index (χ2n) is 3.93. The zero-order chi connectivity index (χ0) is 12.1. The molecular formula is C13H16OS3. The zero-order valence-electron chi connectivity index (χ0n) is 9.85. The lowest BCUT2D eigenvalue weighted by atomic mass is 10.1. The van der Waals surface area contributed by atoms with E-state index in [1.165, 1.54) is 24.0 Å². The second-order valence-corrected chi connectivity index (χ2v) is 7.57. The largest absolute Gasteiger partial charge is 0.300 e. The van der Waals surface area contributed by atoms with Crippen molar-refractivity contribution in [3.63, 3.8) is 0 Å². The fraction of sp³-hybridized carbons (Fsp3) is 0.462. The van der Waals surface area contributed by atoms with Crippen LogP contribution in [0.1, 0.15) is 25.3 Å². The number of rotatable bonds is 6. The third-order valence-corrected chi connectivity index (χ3v) is 6.47. The highest BCUT2D eigenvalue weighted by Gasteiger charge is 2.39. The predicted molar refractivity (Wildman–Crippen MR) is 80.9 cm³/mol. The van der Waals surface area contributed by atoms with E-state index < -0.39 is 0 Å². The quantitative estimate of drug-likeness (QED) is 0.572. The Kier molecular flexibility index (Phi) is 4.77. The van der Waals surface area contributed by atoms with Crippen LogP contribution in [0.25, 0.3) is 5.57 Å². The molecule has 2 rings (SSSR count). The highest BCUT2D eigenvalue weighted by Crippen LogP contribution is 2.51. The molecule has 92 valence electrons. The van der Waals surface area contributed by atoms with E-state index in [0.29, 0.717) is 0 Å². The lowest BCUT2D eigenvalue weighted by Crippen LogP contribution is -2.22. The smallest absolute Gasteiger partial charge is 0.150 e. The minimum absolute atomic E-state index is 0.351. The van der Waals surface area contributed by atoms with Gasteiger partial charge in [0.15, 0.2) is 6.29 Å². The Morgan fingerprint density at radius 1 is 1.59 bits per heavy atom. The van der Waals surface area contributed by atoms with Crippen LogP contribution in [0.2, 0.25) is 0 Å². The Morgan fingerprint density at radius 2 is 2.47 bits per heavy atom. The molecule has 0 saturated heterocycles. The van der Waals surface area contributed by atoms with Crippen LogP contribution in [-0.4, -0.2) is 21.9 Å². The fourth-order valence-corrected chi connectivity index (χ4v) is 5.35. The fourth-order valence-electron chi connectivity index (χ4n) is 1.82. The summed E-state index contributed by atoms with van der Waals surface area (Å²) in [5.41, 5.74) is 2.43. The average Bonchev–Trinajstić information content (AvgIpc) is 2.98. The molecule has 0 radical (unpaired) electrons. The van der Waals surface area contributed by atoms with Crippen LogP contribution in [0, 0.1) is 0 Å². The summed E-state index contributed by atoms with van der Waals surface area (Å²) in [6.07, 6.45) is 5.70. The van der Waals surface area contributed by atoms with Crippen molar-refractivity contribution in [3.8, 4) is 0 Å². The van der Waals surface area contributed by atoms with Crippen molar-refractivity contribution in [1.82, 2.24) is 0 Å². The summed E-state index contributed by atoms with van der Waals surface area (Å²) in [6.45, 7) is 2.19. The highest BCUT2D eigenvalue weighted by atomic mass is 32.2.